The average Bonchev–Trinajstić information content (AvgIpc) is 2.96. The molecular formula is C27H23N5O6S. The van der Waals surface area contributed by atoms with Gasteiger partial charge in [-0.15, -0.1) is 0 Å². The highest BCUT2D eigenvalue weighted by Crippen LogP contribution is 2.22. The first kappa shape index (κ1) is 26.9. The number of carbonyl (C=O) groups excluding carboxylic acids is 1. The van der Waals surface area contributed by atoms with Crippen LogP contribution in [0, 0.1) is 10.1 Å². The molecule has 0 spiro atoms. The minimum Gasteiger partial charge on any atom is -0.489 e. The molecule has 1 amide bonds. The topological polar surface area (TPSA) is 144 Å². The Hall–Kier alpha value is -5.10. The zero-order valence-corrected chi connectivity index (χ0v) is 21.3. The number of ether oxygens (including phenoxy) is 1. The van der Waals surface area contributed by atoms with Crippen molar-refractivity contribution in [3.8, 4) is 5.75 Å². The third-order valence-corrected chi connectivity index (χ3v) is 7.18. The van der Waals surface area contributed by atoms with E-state index in [1.165, 1.54) is 42.9 Å². The Labute approximate surface area is 224 Å². The number of carbonyl (C=O) groups is 1. The zero-order chi connectivity index (χ0) is 27.7. The maximum Gasteiger partial charge on any atom is 0.269 e. The van der Waals surface area contributed by atoms with Crippen molar-refractivity contribution in [1.29, 1.82) is 0 Å². The first-order valence-electron chi connectivity index (χ1n) is 11.6. The fourth-order valence-electron chi connectivity index (χ4n) is 3.41. The van der Waals surface area contributed by atoms with Gasteiger partial charge in [0.05, 0.1) is 27.9 Å². The number of non-ortho nitro benzene ring substituents is 1. The predicted molar refractivity (Wildman–Crippen MR) is 145 cm³/mol. The number of sulfonamides is 1. The van der Waals surface area contributed by atoms with E-state index in [4.69, 9.17) is 4.74 Å². The number of amides is 1. The van der Waals surface area contributed by atoms with Crippen molar-refractivity contribution in [2.75, 3.05) is 10.8 Å². The first-order valence-corrected chi connectivity index (χ1v) is 13.0. The zero-order valence-electron chi connectivity index (χ0n) is 20.5. The summed E-state index contributed by atoms with van der Waals surface area (Å²) in [5, 5.41) is 14.7. The molecule has 0 radical (unpaired) electrons. The molecule has 0 saturated carbocycles. The minimum atomic E-state index is -4.03. The molecule has 0 aliphatic rings. The van der Waals surface area contributed by atoms with Gasteiger partial charge < -0.3 is 4.74 Å². The van der Waals surface area contributed by atoms with E-state index in [0.29, 0.717) is 11.3 Å². The Morgan fingerprint density at radius 1 is 1.00 bits per heavy atom. The van der Waals surface area contributed by atoms with E-state index < -0.39 is 27.4 Å². The van der Waals surface area contributed by atoms with Crippen LogP contribution in [0.15, 0.2) is 113 Å². The van der Waals surface area contributed by atoms with Crippen LogP contribution in [0.5, 0.6) is 5.75 Å². The van der Waals surface area contributed by atoms with Crippen LogP contribution in [0.3, 0.4) is 0 Å². The van der Waals surface area contributed by atoms with Crippen LogP contribution in [0.1, 0.15) is 11.1 Å². The highest BCUT2D eigenvalue weighted by Gasteiger charge is 2.27. The second-order valence-electron chi connectivity index (χ2n) is 8.11. The highest BCUT2D eigenvalue weighted by atomic mass is 32.2. The van der Waals surface area contributed by atoms with E-state index >= 15 is 0 Å². The molecule has 198 valence electrons. The lowest BCUT2D eigenvalue weighted by Gasteiger charge is -2.23. The third-order valence-electron chi connectivity index (χ3n) is 5.39. The average molecular weight is 546 g/mol. The van der Waals surface area contributed by atoms with E-state index in [1.54, 1.807) is 66.7 Å². The number of aromatic nitrogens is 1. The number of nitro benzene ring substituents is 1. The summed E-state index contributed by atoms with van der Waals surface area (Å²) in [5.41, 5.74) is 4.05. The van der Waals surface area contributed by atoms with E-state index in [2.05, 4.69) is 15.5 Å². The maximum absolute atomic E-state index is 13.2. The summed E-state index contributed by atoms with van der Waals surface area (Å²) in [6.07, 6.45) is 4.29. The second kappa shape index (κ2) is 12.4. The quantitative estimate of drug-likeness (QED) is 0.171. The van der Waals surface area contributed by atoms with Crippen molar-refractivity contribution in [2.24, 2.45) is 5.10 Å². The summed E-state index contributed by atoms with van der Waals surface area (Å²) in [6, 6.07) is 23.9. The number of rotatable bonds is 11. The number of anilines is 1. The number of nitrogens with one attached hydrogen (secondary N) is 1. The van der Waals surface area contributed by atoms with Gasteiger partial charge in [0, 0.05) is 18.3 Å². The van der Waals surface area contributed by atoms with Gasteiger partial charge in [0.2, 0.25) is 0 Å². The van der Waals surface area contributed by atoms with Crippen LogP contribution in [-0.2, 0) is 21.4 Å². The van der Waals surface area contributed by atoms with Gasteiger partial charge in [0.1, 0.15) is 18.9 Å². The fourth-order valence-corrected chi connectivity index (χ4v) is 4.84. The molecule has 1 aromatic heterocycles. The lowest BCUT2D eigenvalue weighted by molar-refractivity contribution is -0.384. The Morgan fingerprint density at radius 2 is 1.72 bits per heavy atom. The normalized spacial score (nSPS) is 11.2. The standard InChI is InChI=1S/C27H23N5O6S/c33-27(19-31(24-5-4-16-28-18-24)39(36,37)26-6-2-1-3-7-26)30-29-17-21-10-14-25(15-11-21)38-20-22-8-12-23(13-9-22)32(34)35/h1-18H,19-20H2,(H,30,33)/b29-17-. The third kappa shape index (κ3) is 7.23. The SMILES string of the molecule is O=C(CN(c1cccnc1)S(=O)(=O)c1ccccc1)N/N=C\c1ccc(OCc2ccc([N+](=O)[O-])cc2)cc1. The highest BCUT2D eigenvalue weighted by molar-refractivity contribution is 7.92. The smallest absolute Gasteiger partial charge is 0.269 e. The van der Waals surface area contributed by atoms with Gasteiger partial charge in [-0.05, 0) is 71.8 Å². The van der Waals surface area contributed by atoms with Gasteiger partial charge in [-0.1, -0.05) is 18.2 Å². The number of pyridine rings is 1. The molecule has 1 N–H and O–H groups in total. The van der Waals surface area contributed by atoms with Crippen LogP contribution in [0.2, 0.25) is 0 Å². The lowest BCUT2D eigenvalue weighted by Crippen LogP contribution is -2.39. The molecule has 3 aromatic carbocycles. The van der Waals surface area contributed by atoms with Crippen LogP contribution < -0.4 is 14.5 Å². The maximum atomic E-state index is 13.2. The molecule has 4 rings (SSSR count). The summed E-state index contributed by atoms with van der Waals surface area (Å²) in [7, 11) is -4.03. The van der Waals surface area contributed by atoms with Crippen molar-refractivity contribution in [1.82, 2.24) is 10.4 Å². The van der Waals surface area contributed by atoms with Crippen LogP contribution in [0.4, 0.5) is 11.4 Å². The predicted octanol–water partition coefficient (Wildman–Crippen LogP) is 3.91. The van der Waals surface area contributed by atoms with E-state index in [1.807, 2.05) is 0 Å². The fraction of sp³-hybridized carbons (Fsp3) is 0.0741. The molecule has 11 nitrogen and oxygen atoms in total. The number of hydrazone groups is 1. The Balaban J connectivity index is 1.35. The molecule has 0 atom stereocenters. The molecule has 0 bridgehead atoms. The largest absolute Gasteiger partial charge is 0.489 e. The van der Waals surface area contributed by atoms with Crippen LogP contribution in [-0.4, -0.2) is 37.0 Å². The summed E-state index contributed by atoms with van der Waals surface area (Å²) in [5.74, 6) is -0.0644. The first-order chi connectivity index (χ1) is 18.8. The molecule has 0 saturated heterocycles. The van der Waals surface area contributed by atoms with Crippen molar-refractivity contribution in [2.45, 2.75) is 11.5 Å². The van der Waals surface area contributed by atoms with Gasteiger partial charge in [0.25, 0.3) is 21.6 Å². The number of nitrogens with zero attached hydrogens (tertiary/aromatic N) is 4. The molecule has 0 unspecified atom stereocenters. The number of hydrogen-bond donors (Lipinski definition) is 1. The molecule has 0 aliphatic heterocycles. The van der Waals surface area contributed by atoms with Crippen molar-refractivity contribution >= 4 is 33.5 Å². The molecule has 0 aliphatic carbocycles. The van der Waals surface area contributed by atoms with Gasteiger partial charge in [0.15, 0.2) is 0 Å². The van der Waals surface area contributed by atoms with E-state index in [9.17, 15) is 23.3 Å². The monoisotopic (exact) mass is 545 g/mol. The molecule has 39 heavy (non-hydrogen) atoms. The number of hydrogen-bond acceptors (Lipinski definition) is 8. The number of nitro groups is 1. The van der Waals surface area contributed by atoms with Crippen molar-refractivity contribution in [3.63, 3.8) is 0 Å². The molecule has 4 aromatic rings. The molecule has 0 fully saturated rings. The molecular weight excluding hydrogens is 522 g/mol. The Morgan fingerprint density at radius 3 is 2.36 bits per heavy atom. The van der Waals surface area contributed by atoms with Crippen LogP contribution >= 0.6 is 0 Å². The Bertz CT molecular complexity index is 1550. The number of benzene rings is 3. The Kier molecular flexibility index (Phi) is 8.59. The molecule has 12 heteroatoms. The van der Waals surface area contributed by atoms with Gasteiger partial charge in [-0.3, -0.25) is 24.2 Å². The van der Waals surface area contributed by atoms with Crippen molar-refractivity contribution < 1.29 is 22.9 Å². The van der Waals surface area contributed by atoms with Gasteiger partial charge in [-0.2, -0.15) is 5.10 Å². The van der Waals surface area contributed by atoms with E-state index in [0.717, 1.165) is 9.87 Å². The summed E-state index contributed by atoms with van der Waals surface area (Å²) >= 11 is 0. The summed E-state index contributed by atoms with van der Waals surface area (Å²) in [4.78, 5) is 26.9. The molecule has 1 heterocycles. The summed E-state index contributed by atoms with van der Waals surface area (Å²) in [6.45, 7) is -0.267. The van der Waals surface area contributed by atoms with E-state index in [-0.39, 0.29) is 22.9 Å². The lowest BCUT2D eigenvalue weighted by atomic mass is 10.2. The van der Waals surface area contributed by atoms with Crippen molar-refractivity contribution in [3.05, 3.63) is 125 Å². The van der Waals surface area contributed by atoms with Gasteiger partial charge >= 0.3 is 0 Å². The van der Waals surface area contributed by atoms with Crippen LogP contribution in [0.25, 0.3) is 0 Å². The minimum absolute atomic E-state index is 0.0112. The second-order valence-corrected chi connectivity index (χ2v) is 9.97. The van der Waals surface area contributed by atoms with Gasteiger partial charge in [-0.25, -0.2) is 13.8 Å². The summed E-state index contributed by atoms with van der Waals surface area (Å²) < 4.78 is 33.1.